The standard InChI is InChI=1S/C20H18BrClN2O4/c1-27-17-7-10(6-15(21)20(17)28-2)18-13-5-3-4-12(13)14-8-11(24(25)26)9-16(22)19(14)23-18/h3-4,6-9,12-13,18,23H,5H2,1-2H3/t12-,13-,18+/m1/s1. The van der Waals surface area contributed by atoms with Crippen LogP contribution in [-0.2, 0) is 0 Å². The number of hydrogen-bond donors (Lipinski definition) is 1. The summed E-state index contributed by atoms with van der Waals surface area (Å²) in [7, 11) is 3.20. The van der Waals surface area contributed by atoms with E-state index in [1.165, 1.54) is 6.07 Å². The maximum Gasteiger partial charge on any atom is 0.271 e. The maximum absolute atomic E-state index is 11.3. The Morgan fingerprint density at radius 1 is 1.25 bits per heavy atom. The van der Waals surface area contributed by atoms with E-state index in [1.807, 2.05) is 12.1 Å². The van der Waals surface area contributed by atoms with Gasteiger partial charge in [-0.3, -0.25) is 10.1 Å². The number of nitro benzene ring substituents is 1. The second kappa shape index (κ2) is 7.29. The number of methoxy groups -OCH3 is 2. The zero-order valence-corrected chi connectivity index (χ0v) is 17.6. The number of hydrogen-bond acceptors (Lipinski definition) is 5. The van der Waals surface area contributed by atoms with Crippen molar-refractivity contribution in [3.63, 3.8) is 0 Å². The summed E-state index contributed by atoms with van der Waals surface area (Å²) in [6, 6.07) is 6.97. The predicted molar refractivity (Wildman–Crippen MR) is 112 cm³/mol. The Morgan fingerprint density at radius 3 is 2.71 bits per heavy atom. The number of nitrogens with one attached hydrogen (secondary N) is 1. The number of allylic oxidation sites excluding steroid dienone is 2. The molecule has 1 aliphatic carbocycles. The van der Waals surface area contributed by atoms with Crippen LogP contribution in [0.3, 0.4) is 0 Å². The van der Waals surface area contributed by atoms with Gasteiger partial charge < -0.3 is 14.8 Å². The van der Waals surface area contributed by atoms with Crippen molar-refractivity contribution in [3.05, 3.63) is 67.2 Å². The van der Waals surface area contributed by atoms with Gasteiger partial charge in [0.15, 0.2) is 11.5 Å². The van der Waals surface area contributed by atoms with Crippen LogP contribution in [0.4, 0.5) is 11.4 Å². The second-order valence-electron chi connectivity index (χ2n) is 6.86. The summed E-state index contributed by atoms with van der Waals surface area (Å²) in [5.74, 6) is 1.55. The summed E-state index contributed by atoms with van der Waals surface area (Å²) >= 11 is 9.99. The van der Waals surface area contributed by atoms with Crippen molar-refractivity contribution >= 4 is 38.9 Å². The minimum absolute atomic E-state index is 0.0110. The number of ether oxygens (including phenoxy) is 2. The van der Waals surface area contributed by atoms with Crippen LogP contribution in [0.2, 0.25) is 5.02 Å². The number of fused-ring (bicyclic) bond motifs is 3. The van der Waals surface area contributed by atoms with E-state index < -0.39 is 4.92 Å². The Morgan fingerprint density at radius 2 is 2.04 bits per heavy atom. The number of nitrogens with zero attached hydrogens (tertiary/aromatic N) is 1. The van der Waals surface area contributed by atoms with Gasteiger partial charge in [-0.15, -0.1) is 0 Å². The molecule has 28 heavy (non-hydrogen) atoms. The lowest BCUT2D eigenvalue weighted by molar-refractivity contribution is -0.384. The molecule has 0 amide bonds. The quantitative estimate of drug-likeness (QED) is 0.348. The number of halogens is 2. The van der Waals surface area contributed by atoms with Gasteiger partial charge in [-0.1, -0.05) is 23.8 Å². The summed E-state index contributed by atoms with van der Waals surface area (Å²) in [6.07, 6.45) is 5.11. The monoisotopic (exact) mass is 464 g/mol. The van der Waals surface area contributed by atoms with Crippen molar-refractivity contribution in [1.82, 2.24) is 0 Å². The SMILES string of the molecule is COc1cc([C@@H]2Nc3c(Cl)cc([N+](=O)[O-])cc3[C@@H]3C=CC[C@H]32)cc(Br)c1OC. The highest BCUT2D eigenvalue weighted by atomic mass is 79.9. The molecule has 8 heteroatoms. The first-order chi connectivity index (χ1) is 13.4. The fraction of sp³-hybridized carbons (Fsp3) is 0.300. The van der Waals surface area contributed by atoms with Gasteiger partial charge in [-0.25, -0.2) is 0 Å². The lowest BCUT2D eigenvalue weighted by Crippen LogP contribution is -2.29. The molecule has 1 N–H and O–H groups in total. The van der Waals surface area contributed by atoms with Crippen LogP contribution in [-0.4, -0.2) is 19.1 Å². The van der Waals surface area contributed by atoms with Crippen LogP contribution in [0.25, 0.3) is 0 Å². The molecule has 2 aromatic rings. The number of rotatable bonds is 4. The first-order valence-corrected chi connectivity index (χ1v) is 9.94. The highest BCUT2D eigenvalue weighted by Crippen LogP contribution is 2.53. The van der Waals surface area contributed by atoms with Crippen LogP contribution in [0.1, 0.15) is 29.5 Å². The van der Waals surface area contributed by atoms with Crippen molar-refractivity contribution in [2.45, 2.75) is 18.4 Å². The molecule has 1 heterocycles. The molecule has 3 atom stereocenters. The van der Waals surface area contributed by atoms with Crippen molar-refractivity contribution in [2.75, 3.05) is 19.5 Å². The molecule has 2 aliphatic rings. The number of benzene rings is 2. The topological polar surface area (TPSA) is 73.6 Å². The van der Waals surface area contributed by atoms with Gasteiger partial charge >= 0.3 is 0 Å². The number of non-ortho nitro benzene ring substituents is 1. The lowest BCUT2D eigenvalue weighted by Gasteiger charge is -2.38. The number of nitro groups is 1. The molecular weight excluding hydrogens is 448 g/mol. The minimum Gasteiger partial charge on any atom is -0.493 e. The van der Waals surface area contributed by atoms with Crippen LogP contribution in [0.5, 0.6) is 11.5 Å². The van der Waals surface area contributed by atoms with Crippen LogP contribution in [0, 0.1) is 16.0 Å². The molecule has 0 unspecified atom stereocenters. The molecule has 1 aliphatic heterocycles. The van der Waals surface area contributed by atoms with Crippen molar-refractivity contribution in [1.29, 1.82) is 0 Å². The van der Waals surface area contributed by atoms with Gasteiger partial charge in [0, 0.05) is 18.1 Å². The molecule has 0 radical (unpaired) electrons. The van der Waals surface area contributed by atoms with Gasteiger partial charge in [-0.2, -0.15) is 0 Å². The zero-order chi connectivity index (χ0) is 20.0. The summed E-state index contributed by atoms with van der Waals surface area (Å²) in [4.78, 5) is 10.9. The normalized spacial score (nSPS) is 22.2. The van der Waals surface area contributed by atoms with E-state index in [1.54, 1.807) is 20.3 Å². The van der Waals surface area contributed by atoms with E-state index in [0.717, 1.165) is 27.7 Å². The molecule has 0 spiro atoms. The molecule has 0 fully saturated rings. The molecule has 0 bridgehead atoms. The molecule has 6 nitrogen and oxygen atoms in total. The van der Waals surface area contributed by atoms with Crippen molar-refractivity contribution in [2.24, 2.45) is 5.92 Å². The fourth-order valence-corrected chi connectivity index (χ4v) is 5.09. The Kier molecular flexibility index (Phi) is 4.97. The van der Waals surface area contributed by atoms with E-state index in [9.17, 15) is 10.1 Å². The maximum atomic E-state index is 11.3. The van der Waals surface area contributed by atoms with Gasteiger partial charge in [0.2, 0.25) is 0 Å². The first-order valence-electron chi connectivity index (χ1n) is 8.77. The van der Waals surface area contributed by atoms with Crippen molar-refractivity contribution < 1.29 is 14.4 Å². The summed E-state index contributed by atoms with van der Waals surface area (Å²) in [5, 5.41) is 15.1. The van der Waals surface area contributed by atoms with Crippen molar-refractivity contribution in [3.8, 4) is 11.5 Å². The third-order valence-electron chi connectivity index (χ3n) is 5.43. The molecular formula is C20H18BrClN2O4. The summed E-state index contributed by atoms with van der Waals surface area (Å²) in [5.41, 5.74) is 2.66. The first kappa shape index (κ1) is 19.1. The van der Waals surface area contributed by atoms with Crippen LogP contribution >= 0.6 is 27.5 Å². The van der Waals surface area contributed by atoms with Crippen LogP contribution < -0.4 is 14.8 Å². The largest absolute Gasteiger partial charge is 0.493 e. The van der Waals surface area contributed by atoms with Gasteiger partial charge in [0.05, 0.1) is 40.4 Å². The average molecular weight is 466 g/mol. The van der Waals surface area contributed by atoms with Gasteiger partial charge in [0.1, 0.15) is 0 Å². The predicted octanol–water partition coefficient (Wildman–Crippen LogP) is 5.85. The second-order valence-corrected chi connectivity index (χ2v) is 8.12. The minimum atomic E-state index is -0.405. The molecule has 0 saturated carbocycles. The van der Waals surface area contributed by atoms with E-state index in [2.05, 4.69) is 33.4 Å². The lowest BCUT2D eigenvalue weighted by atomic mass is 9.77. The summed E-state index contributed by atoms with van der Waals surface area (Å²) in [6.45, 7) is 0. The van der Waals surface area contributed by atoms with E-state index in [4.69, 9.17) is 21.1 Å². The highest BCUT2D eigenvalue weighted by molar-refractivity contribution is 9.10. The van der Waals surface area contributed by atoms with Gasteiger partial charge in [-0.05, 0) is 51.5 Å². The van der Waals surface area contributed by atoms with Gasteiger partial charge in [0.25, 0.3) is 5.69 Å². The molecule has 0 aromatic heterocycles. The third-order valence-corrected chi connectivity index (χ3v) is 6.32. The Labute approximate surface area is 175 Å². The molecule has 2 aromatic carbocycles. The van der Waals surface area contributed by atoms with Crippen LogP contribution in [0.15, 0.2) is 40.9 Å². The fourth-order valence-electron chi connectivity index (χ4n) is 4.19. The molecule has 4 rings (SSSR count). The third kappa shape index (κ3) is 3.02. The Bertz CT molecular complexity index is 995. The number of anilines is 1. The zero-order valence-electron chi connectivity index (χ0n) is 15.2. The highest BCUT2D eigenvalue weighted by Gasteiger charge is 2.40. The molecule has 0 saturated heterocycles. The average Bonchev–Trinajstić information content (AvgIpc) is 3.16. The summed E-state index contributed by atoms with van der Waals surface area (Å²) < 4.78 is 11.7. The Balaban J connectivity index is 1.82. The smallest absolute Gasteiger partial charge is 0.271 e. The van der Waals surface area contributed by atoms with E-state index in [0.29, 0.717) is 16.5 Å². The Hall–Kier alpha value is -2.25. The van der Waals surface area contributed by atoms with E-state index in [-0.39, 0.29) is 23.6 Å². The molecule has 146 valence electrons. The van der Waals surface area contributed by atoms with E-state index >= 15 is 0 Å².